The predicted molar refractivity (Wildman–Crippen MR) is 129 cm³/mol. The van der Waals surface area contributed by atoms with Gasteiger partial charge in [0.15, 0.2) is 5.78 Å². The van der Waals surface area contributed by atoms with Gasteiger partial charge in [-0.1, -0.05) is 49.8 Å². The van der Waals surface area contributed by atoms with Gasteiger partial charge in [-0.3, -0.25) is 29.6 Å². The SMILES string of the molecule is NC(=O)CCN(NC(=O)[C@@H](CC(=O)/C=C/c1ccc(Cl)cc1F)CC1CCCCC1)C(=O)CCl. The van der Waals surface area contributed by atoms with E-state index in [4.69, 9.17) is 28.9 Å². The number of nitrogens with zero attached hydrogens (tertiary/aromatic N) is 1. The van der Waals surface area contributed by atoms with Crippen LogP contribution in [-0.2, 0) is 19.2 Å². The Kier molecular flexibility index (Phi) is 11.5. The Morgan fingerprint density at radius 2 is 1.91 bits per heavy atom. The van der Waals surface area contributed by atoms with Crippen molar-refractivity contribution in [3.05, 3.63) is 40.7 Å². The molecule has 0 aromatic heterocycles. The fourth-order valence-corrected chi connectivity index (χ4v) is 4.30. The quantitative estimate of drug-likeness (QED) is 0.264. The smallest absolute Gasteiger partial charge is 0.255 e. The first-order chi connectivity index (χ1) is 16.2. The van der Waals surface area contributed by atoms with E-state index in [1.54, 1.807) is 0 Å². The summed E-state index contributed by atoms with van der Waals surface area (Å²) in [5.74, 6) is -3.43. The lowest BCUT2D eigenvalue weighted by atomic mass is 9.81. The van der Waals surface area contributed by atoms with Crippen molar-refractivity contribution < 1.29 is 23.6 Å². The van der Waals surface area contributed by atoms with Crippen LogP contribution in [0.4, 0.5) is 4.39 Å². The van der Waals surface area contributed by atoms with Crippen molar-refractivity contribution in [3.8, 4) is 0 Å². The topological polar surface area (TPSA) is 110 Å². The average molecular weight is 514 g/mol. The Hall–Kier alpha value is -2.45. The van der Waals surface area contributed by atoms with Crippen molar-refractivity contribution in [3.63, 3.8) is 0 Å². The Morgan fingerprint density at radius 3 is 2.53 bits per heavy atom. The van der Waals surface area contributed by atoms with Gasteiger partial charge in [-0.05, 0) is 36.6 Å². The third-order valence-corrected chi connectivity index (χ3v) is 6.28. The van der Waals surface area contributed by atoms with Gasteiger partial charge in [0.05, 0.1) is 6.54 Å². The molecule has 1 fully saturated rings. The summed E-state index contributed by atoms with van der Waals surface area (Å²) >= 11 is 11.4. The molecule has 0 spiro atoms. The van der Waals surface area contributed by atoms with Crippen LogP contribution in [0, 0.1) is 17.7 Å². The maximum Gasteiger partial charge on any atom is 0.255 e. The summed E-state index contributed by atoms with van der Waals surface area (Å²) < 4.78 is 14.0. The third kappa shape index (κ3) is 9.43. The van der Waals surface area contributed by atoms with E-state index < -0.39 is 29.5 Å². The molecule has 10 heteroatoms. The normalized spacial score (nSPS) is 15.1. The van der Waals surface area contributed by atoms with Gasteiger partial charge in [-0.25, -0.2) is 4.39 Å². The number of nitrogens with two attached hydrogens (primary N) is 1. The number of ketones is 1. The van der Waals surface area contributed by atoms with E-state index in [1.807, 2.05) is 0 Å². The molecule has 1 atom stereocenters. The molecular formula is C24H30Cl2FN3O4. The number of rotatable bonds is 11. The fraction of sp³-hybridized carbons (Fsp3) is 0.500. The lowest BCUT2D eigenvalue weighted by Gasteiger charge is -2.28. The first-order valence-electron chi connectivity index (χ1n) is 11.3. The number of carbonyl (C=O) groups excluding carboxylic acids is 4. The molecule has 34 heavy (non-hydrogen) atoms. The molecule has 1 aromatic carbocycles. The van der Waals surface area contributed by atoms with Crippen LogP contribution in [0.15, 0.2) is 24.3 Å². The Bertz CT molecular complexity index is 919. The van der Waals surface area contributed by atoms with Crippen molar-refractivity contribution in [1.82, 2.24) is 10.4 Å². The van der Waals surface area contributed by atoms with Gasteiger partial charge in [0.2, 0.25) is 11.8 Å². The van der Waals surface area contributed by atoms with Crippen molar-refractivity contribution in [2.45, 2.75) is 51.4 Å². The number of hydrogen-bond acceptors (Lipinski definition) is 4. The molecule has 1 aliphatic rings. The minimum Gasteiger partial charge on any atom is -0.370 e. The van der Waals surface area contributed by atoms with Crippen LogP contribution >= 0.6 is 23.2 Å². The highest BCUT2D eigenvalue weighted by Crippen LogP contribution is 2.30. The van der Waals surface area contributed by atoms with E-state index in [0.29, 0.717) is 6.42 Å². The number of benzene rings is 1. The Balaban J connectivity index is 2.12. The van der Waals surface area contributed by atoms with E-state index in [2.05, 4.69) is 5.43 Å². The van der Waals surface area contributed by atoms with E-state index in [9.17, 15) is 23.6 Å². The number of primary amides is 1. The van der Waals surface area contributed by atoms with Crippen LogP contribution in [0.25, 0.3) is 6.08 Å². The summed E-state index contributed by atoms with van der Waals surface area (Å²) in [6.45, 7) is -0.119. The highest BCUT2D eigenvalue weighted by Gasteiger charge is 2.28. The fourth-order valence-electron chi connectivity index (χ4n) is 4.00. The number of halogens is 3. The molecule has 0 radical (unpaired) electrons. The first-order valence-corrected chi connectivity index (χ1v) is 12.2. The van der Waals surface area contributed by atoms with Crippen molar-refractivity contribution >= 4 is 52.8 Å². The molecule has 0 heterocycles. The van der Waals surface area contributed by atoms with Gasteiger partial charge in [-0.2, -0.15) is 0 Å². The van der Waals surface area contributed by atoms with Crippen LogP contribution in [0.5, 0.6) is 0 Å². The highest BCUT2D eigenvalue weighted by atomic mass is 35.5. The van der Waals surface area contributed by atoms with Crippen molar-refractivity contribution in [1.29, 1.82) is 0 Å². The third-order valence-electron chi connectivity index (χ3n) is 5.81. The second kappa shape index (κ2) is 14.1. The predicted octanol–water partition coefficient (Wildman–Crippen LogP) is 4.01. The molecule has 7 nitrogen and oxygen atoms in total. The molecule has 3 N–H and O–H groups in total. The largest absolute Gasteiger partial charge is 0.370 e. The number of alkyl halides is 1. The standard InChI is InChI=1S/C24H30Cl2FN3O4/c25-15-23(33)30(11-10-22(28)32)29-24(34)18(12-16-4-2-1-3-5-16)13-20(31)9-7-17-6-8-19(26)14-21(17)27/h6-9,14,16,18H,1-5,10-13,15H2,(H2,28,32)(H,29,34)/b9-7+/t18-/m1/s1. The van der Waals surface area contributed by atoms with Gasteiger partial charge < -0.3 is 5.73 Å². The molecule has 1 aliphatic carbocycles. The number of hydrazine groups is 1. The highest BCUT2D eigenvalue weighted by molar-refractivity contribution is 6.30. The molecular weight excluding hydrogens is 484 g/mol. The summed E-state index contributed by atoms with van der Waals surface area (Å²) in [5.41, 5.74) is 7.87. The van der Waals surface area contributed by atoms with Crippen LogP contribution in [0.3, 0.4) is 0 Å². The summed E-state index contributed by atoms with van der Waals surface area (Å²) in [4.78, 5) is 49.0. The zero-order valence-corrected chi connectivity index (χ0v) is 20.4. The van der Waals surface area contributed by atoms with Gasteiger partial charge in [0, 0.05) is 29.3 Å². The Labute approximate surface area is 208 Å². The first kappa shape index (κ1) is 27.8. The van der Waals surface area contributed by atoms with E-state index in [-0.39, 0.29) is 47.6 Å². The Morgan fingerprint density at radius 1 is 1.21 bits per heavy atom. The summed E-state index contributed by atoms with van der Waals surface area (Å²) in [6, 6.07) is 4.13. The van der Waals surface area contributed by atoms with Crippen molar-refractivity contribution in [2.75, 3.05) is 12.4 Å². The van der Waals surface area contributed by atoms with Crippen LogP contribution in [0.1, 0.15) is 56.9 Å². The molecule has 1 saturated carbocycles. The number of allylic oxidation sites excluding steroid dienone is 1. The molecule has 1 aromatic rings. The molecule has 0 saturated heterocycles. The monoisotopic (exact) mass is 513 g/mol. The van der Waals surface area contributed by atoms with E-state index in [0.717, 1.165) is 43.2 Å². The summed E-state index contributed by atoms with van der Waals surface area (Å²) in [5, 5.41) is 1.22. The maximum absolute atomic E-state index is 14.0. The minimum atomic E-state index is -0.700. The molecule has 0 bridgehead atoms. The zero-order chi connectivity index (χ0) is 25.1. The van der Waals surface area contributed by atoms with Gasteiger partial charge in [0.1, 0.15) is 11.7 Å². The number of hydrogen-bond donors (Lipinski definition) is 2. The number of carbonyl (C=O) groups is 4. The van der Waals surface area contributed by atoms with Gasteiger partial charge >= 0.3 is 0 Å². The average Bonchev–Trinajstić information content (AvgIpc) is 2.80. The van der Waals surface area contributed by atoms with Gasteiger partial charge in [-0.15, -0.1) is 11.6 Å². The van der Waals surface area contributed by atoms with Crippen LogP contribution in [0.2, 0.25) is 5.02 Å². The molecule has 186 valence electrons. The molecule has 0 unspecified atom stereocenters. The summed E-state index contributed by atoms with van der Waals surface area (Å²) in [7, 11) is 0. The summed E-state index contributed by atoms with van der Waals surface area (Å²) in [6.07, 6.45) is 8.04. The second-order valence-electron chi connectivity index (χ2n) is 8.48. The maximum atomic E-state index is 14.0. The van der Waals surface area contributed by atoms with Gasteiger partial charge in [0.25, 0.3) is 5.91 Å². The molecule has 3 amide bonds. The van der Waals surface area contributed by atoms with Crippen molar-refractivity contribution in [2.24, 2.45) is 17.6 Å². The van der Waals surface area contributed by atoms with Crippen LogP contribution < -0.4 is 11.2 Å². The lowest BCUT2D eigenvalue weighted by Crippen LogP contribution is -2.50. The molecule has 0 aliphatic heterocycles. The number of amides is 3. The van der Waals surface area contributed by atoms with E-state index in [1.165, 1.54) is 24.3 Å². The second-order valence-corrected chi connectivity index (χ2v) is 9.18. The molecule has 2 rings (SSSR count). The number of nitrogens with one attached hydrogen (secondary N) is 1. The van der Waals surface area contributed by atoms with E-state index >= 15 is 0 Å². The minimum absolute atomic E-state index is 0.104. The zero-order valence-electron chi connectivity index (χ0n) is 18.9. The lowest BCUT2D eigenvalue weighted by molar-refractivity contribution is -0.143. The van der Waals surface area contributed by atoms with Crippen LogP contribution in [-0.4, -0.2) is 40.9 Å².